The average molecular weight is 511 g/mol. The molecule has 8 heteroatoms. The maximum absolute atomic E-state index is 5.35. The molecule has 1 fully saturated rings. The van der Waals surface area contributed by atoms with Gasteiger partial charge in [0.05, 0.1) is 20.8 Å². The maximum Gasteiger partial charge on any atom is 0.212 e. The molecule has 0 aliphatic carbocycles. The van der Waals surface area contributed by atoms with Crippen molar-refractivity contribution < 1.29 is 9.47 Å². The van der Waals surface area contributed by atoms with Crippen molar-refractivity contribution in [2.75, 3.05) is 51.8 Å². The molecule has 0 atom stereocenters. The number of piperazine rings is 1. The Morgan fingerprint density at radius 2 is 1.90 bits per heavy atom. The van der Waals surface area contributed by atoms with Gasteiger partial charge in [-0.05, 0) is 24.6 Å². The average Bonchev–Trinajstić information content (AvgIpc) is 2.77. The van der Waals surface area contributed by atoms with Crippen LogP contribution in [-0.4, -0.2) is 62.8 Å². The molecule has 1 saturated heterocycles. The number of hydrogen-bond donors (Lipinski definition) is 1. The van der Waals surface area contributed by atoms with Crippen LogP contribution in [-0.2, 0) is 6.54 Å². The van der Waals surface area contributed by atoms with Gasteiger partial charge in [0.1, 0.15) is 5.75 Å². The summed E-state index contributed by atoms with van der Waals surface area (Å²) in [5, 5.41) is 3.41. The lowest BCUT2D eigenvalue weighted by molar-refractivity contribution is 0.372. The Kier molecular flexibility index (Phi) is 9.30. The number of aliphatic imine (C=N–C) groups is 1. The van der Waals surface area contributed by atoms with E-state index in [9.17, 15) is 0 Å². The normalized spacial score (nSPS) is 14.2. The molecule has 0 spiro atoms. The highest BCUT2D eigenvalue weighted by Crippen LogP contribution is 2.22. The van der Waals surface area contributed by atoms with Crippen molar-refractivity contribution in [2.24, 2.45) is 4.99 Å². The second-order valence-electron chi connectivity index (χ2n) is 6.55. The third kappa shape index (κ3) is 6.38. The SMILES string of the molecule is CCNC(=NCc1ccc(OC)nc1)N1CCN(c2cccc(OC)c2)CC1.I. The van der Waals surface area contributed by atoms with Crippen molar-refractivity contribution in [3.8, 4) is 11.6 Å². The molecule has 0 radical (unpaired) electrons. The number of nitrogens with one attached hydrogen (secondary N) is 1. The maximum atomic E-state index is 5.35. The Labute approximate surface area is 190 Å². The third-order valence-corrected chi connectivity index (χ3v) is 4.75. The van der Waals surface area contributed by atoms with Gasteiger partial charge in [0.15, 0.2) is 5.96 Å². The molecule has 0 saturated carbocycles. The van der Waals surface area contributed by atoms with E-state index < -0.39 is 0 Å². The number of guanidine groups is 1. The predicted octanol–water partition coefficient (Wildman–Crippen LogP) is 3.00. The van der Waals surface area contributed by atoms with Crippen LogP contribution in [0, 0.1) is 0 Å². The molecule has 1 aliphatic heterocycles. The first-order valence-electron chi connectivity index (χ1n) is 9.64. The first-order chi connectivity index (χ1) is 13.7. The molecular weight excluding hydrogens is 481 g/mol. The fourth-order valence-corrected chi connectivity index (χ4v) is 3.20. The van der Waals surface area contributed by atoms with Crippen molar-refractivity contribution in [1.29, 1.82) is 0 Å². The number of rotatable bonds is 6. The lowest BCUT2D eigenvalue weighted by Gasteiger charge is -2.37. The zero-order valence-electron chi connectivity index (χ0n) is 17.3. The van der Waals surface area contributed by atoms with Crippen molar-refractivity contribution in [3.05, 3.63) is 48.2 Å². The standard InChI is InChI=1S/C21H29N5O2.HI/c1-4-22-21(24-16-17-8-9-20(28-3)23-15-17)26-12-10-25(11-13-26)18-6-5-7-19(14-18)27-2;/h5-9,14-15H,4,10-13,16H2,1-3H3,(H,22,24);1H. The van der Waals surface area contributed by atoms with Crippen molar-refractivity contribution >= 4 is 35.6 Å². The topological polar surface area (TPSA) is 62.2 Å². The van der Waals surface area contributed by atoms with E-state index in [1.807, 2.05) is 30.5 Å². The lowest BCUT2D eigenvalue weighted by Crippen LogP contribution is -2.52. The van der Waals surface area contributed by atoms with Gasteiger partial charge >= 0.3 is 0 Å². The summed E-state index contributed by atoms with van der Waals surface area (Å²) in [6, 6.07) is 12.1. The van der Waals surface area contributed by atoms with E-state index >= 15 is 0 Å². The molecule has 1 aliphatic rings. The first-order valence-corrected chi connectivity index (χ1v) is 9.64. The summed E-state index contributed by atoms with van der Waals surface area (Å²) in [5.74, 6) is 2.46. The van der Waals surface area contributed by atoms with E-state index in [0.717, 1.165) is 50.0 Å². The van der Waals surface area contributed by atoms with Crippen LogP contribution in [0.4, 0.5) is 5.69 Å². The lowest BCUT2D eigenvalue weighted by atomic mass is 10.2. The van der Waals surface area contributed by atoms with Crippen LogP contribution in [0.15, 0.2) is 47.6 Å². The second-order valence-corrected chi connectivity index (χ2v) is 6.55. The minimum atomic E-state index is 0. The molecule has 3 rings (SSSR count). The number of aromatic nitrogens is 1. The Balaban J connectivity index is 0.00000300. The summed E-state index contributed by atoms with van der Waals surface area (Å²) in [5.41, 5.74) is 2.26. The summed E-state index contributed by atoms with van der Waals surface area (Å²) in [7, 11) is 3.32. The Morgan fingerprint density at radius 3 is 2.52 bits per heavy atom. The predicted molar refractivity (Wildman–Crippen MR) is 128 cm³/mol. The number of pyridine rings is 1. The zero-order chi connectivity index (χ0) is 19.8. The van der Waals surface area contributed by atoms with Gasteiger partial charge in [-0.3, -0.25) is 0 Å². The molecule has 0 unspecified atom stereocenters. The van der Waals surface area contributed by atoms with Gasteiger partial charge in [0, 0.05) is 56.7 Å². The van der Waals surface area contributed by atoms with E-state index in [1.54, 1.807) is 14.2 Å². The van der Waals surface area contributed by atoms with E-state index in [1.165, 1.54) is 5.69 Å². The smallest absolute Gasteiger partial charge is 0.212 e. The minimum Gasteiger partial charge on any atom is -0.497 e. The highest BCUT2D eigenvalue weighted by molar-refractivity contribution is 14.0. The van der Waals surface area contributed by atoms with E-state index in [0.29, 0.717) is 12.4 Å². The van der Waals surface area contributed by atoms with Crippen LogP contribution >= 0.6 is 24.0 Å². The van der Waals surface area contributed by atoms with E-state index in [2.05, 4.69) is 39.2 Å². The summed E-state index contributed by atoms with van der Waals surface area (Å²) in [6.07, 6.45) is 1.81. The number of hydrogen-bond acceptors (Lipinski definition) is 5. The Morgan fingerprint density at radius 1 is 1.10 bits per heavy atom. The summed E-state index contributed by atoms with van der Waals surface area (Å²) in [4.78, 5) is 13.8. The number of benzene rings is 1. The van der Waals surface area contributed by atoms with Gasteiger partial charge in [0.25, 0.3) is 0 Å². The summed E-state index contributed by atoms with van der Waals surface area (Å²) >= 11 is 0. The van der Waals surface area contributed by atoms with Gasteiger partial charge in [-0.15, -0.1) is 24.0 Å². The number of methoxy groups -OCH3 is 2. The number of nitrogens with zero attached hydrogens (tertiary/aromatic N) is 4. The Bertz CT molecular complexity index is 777. The molecule has 2 heterocycles. The first kappa shape index (κ1) is 23.1. The molecule has 7 nitrogen and oxygen atoms in total. The summed E-state index contributed by atoms with van der Waals surface area (Å²) < 4.78 is 10.5. The Hall–Kier alpha value is -2.23. The largest absolute Gasteiger partial charge is 0.497 e. The molecule has 1 N–H and O–H groups in total. The van der Waals surface area contributed by atoms with Crippen LogP contribution in [0.1, 0.15) is 12.5 Å². The molecule has 2 aromatic rings. The zero-order valence-corrected chi connectivity index (χ0v) is 19.6. The third-order valence-electron chi connectivity index (χ3n) is 4.75. The van der Waals surface area contributed by atoms with E-state index in [-0.39, 0.29) is 24.0 Å². The fourth-order valence-electron chi connectivity index (χ4n) is 3.20. The molecule has 158 valence electrons. The van der Waals surface area contributed by atoms with E-state index in [4.69, 9.17) is 14.5 Å². The summed E-state index contributed by atoms with van der Waals surface area (Å²) in [6.45, 7) is 7.26. The van der Waals surface area contributed by atoms with Crippen LogP contribution in [0.5, 0.6) is 11.6 Å². The van der Waals surface area contributed by atoms with Crippen LogP contribution in [0.2, 0.25) is 0 Å². The second kappa shape index (κ2) is 11.7. The fraction of sp³-hybridized carbons (Fsp3) is 0.429. The number of ether oxygens (including phenoxy) is 2. The van der Waals surface area contributed by atoms with Gasteiger partial charge in [0.2, 0.25) is 5.88 Å². The molecule has 1 aromatic carbocycles. The van der Waals surface area contributed by atoms with Crippen molar-refractivity contribution in [2.45, 2.75) is 13.5 Å². The quantitative estimate of drug-likeness (QED) is 0.366. The van der Waals surface area contributed by atoms with Crippen LogP contribution in [0.25, 0.3) is 0 Å². The van der Waals surface area contributed by atoms with Crippen LogP contribution in [0.3, 0.4) is 0 Å². The monoisotopic (exact) mass is 511 g/mol. The highest BCUT2D eigenvalue weighted by Gasteiger charge is 2.20. The molecule has 0 bridgehead atoms. The van der Waals surface area contributed by atoms with Crippen molar-refractivity contribution in [1.82, 2.24) is 15.2 Å². The number of anilines is 1. The molecular formula is C21H30IN5O2. The van der Waals surface area contributed by atoms with Crippen molar-refractivity contribution in [3.63, 3.8) is 0 Å². The molecule has 0 amide bonds. The van der Waals surface area contributed by atoms with Gasteiger partial charge in [-0.1, -0.05) is 12.1 Å². The highest BCUT2D eigenvalue weighted by atomic mass is 127. The molecule has 29 heavy (non-hydrogen) atoms. The minimum absolute atomic E-state index is 0. The van der Waals surface area contributed by atoms with Crippen LogP contribution < -0.4 is 19.7 Å². The van der Waals surface area contributed by atoms with Gasteiger partial charge < -0.3 is 24.6 Å². The number of halogens is 1. The molecule has 1 aromatic heterocycles. The van der Waals surface area contributed by atoms with Gasteiger partial charge in [-0.2, -0.15) is 0 Å². The van der Waals surface area contributed by atoms with Gasteiger partial charge in [-0.25, -0.2) is 9.98 Å².